The van der Waals surface area contributed by atoms with Crippen LogP contribution in [0.2, 0.25) is 0 Å². The van der Waals surface area contributed by atoms with Gasteiger partial charge in [-0.25, -0.2) is 9.97 Å². The second-order valence-corrected chi connectivity index (χ2v) is 22.8. The van der Waals surface area contributed by atoms with E-state index in [0.29, 0.717) is 26.3 Å². The third-order valence-corrected chi connectivity index (χ3v) is 16.0. The fraction of sp³-hybridized carbons (Fsp3) is 0.552. The van der Waals surface area contributed by atoms with Gasteiger partial charge in [0.2, 0.25) is 0 Å². The van der Waals surface area contributed by atoms with Gasteiger partial charge < -0.3 is 44.5 Å². The maximum atomic E-state index is 10.5. The van der Waals surface area contributed by atoms with Crippen LogP contribution >= 0.6 is 38.6 Å². The van der Waals surface area contributed by atoms with Crippen molar-refractivity contribution in [2.75, 3.05) is 110 Å². The zero-order valence-corrected chi connectivity index (χ0v) is 47.3. The largest absolute Gasteiger partial charge is 0.494 e. The Kier molecular flexibility index (Phi) is 24.4. The minimum Gasteiger partial charge on any atom is -0.494 e. The number of hydrogen-bond acceptors (Lipinski definition) is 15. The van der Waals surface area contributed by atoms with Gasteiger partial charge in [0.15, 0.2) is 0 Å². The molecule has 2 atom stereocenters. The Hall–Kier alpha value is -3.94. The number of aryl methyl sites for hydroxylation is 6. The van der Waals surface area contributed by atoms with Gasteiger partial charge in [-0.3, -0.25) is 9.80 Å². The van der Waals surface area contributed by atoms with Crippen molar-refractivity contribution < 1.29 is 34.3 Å². The second-order valence-electron chi connectivity index (χ2n) is 19.5. The predicted octanol–water partition coefficient (Wildman–Crippen LogP) is 9.29. The molecule has 2 saturated heterocycles. The van der Waals surface area contributed by atoms with E-state index in [1.807, 2.05) is 50.2 Å². The molecule has 0 radical (unpaired) electrons. The molecule has 4 heterocycles. The monoisotopic (exact) mass is 1120 g/mol. The topological polar surface area (TPSA) is 145 Å². The van der Waals surface area contributed by atoms with Gasteiger partial charge >= 0.3 is 0 Å². The summed E-state index contributed by atoms with van der Waals surface area (Å²) in [6.07, 6.45) is 11.1. The van der Waals surface area contributed by atoms with Crippen molar-refractivity contribution >= 4 is 59.0 Å². The normalized spacial score (nSPS) is 16.5. The van der Waals surface area contributed by atoms with Crippen LogP contribution in [-0.4, -0.2) is 163 Å². The first-order valence-electron chi connectivity index (χ1n) is 27.0. The van der Waals surface area contributed by atoms with Crippen molar-refractivity contribution in [3.8, 4) is 23.0 Å². The van der Waals surface area contributed by atoms with Gasteiger partial charge in [-0.1, -0.05) is 28.1 Å². The SMILES string of the molecule is BrCCCCOc1ccc2c(c1)CCC2.CCO.Cc1nc2cc(OC[C@H](O)CN3CCN(CCCCOc4ccc5c(c4)CCC5)CC3)ccc2s1.Cc1nc2cc(OC[C@H](O)CN3CCNCC3)ccc2s1. The summed E-state index contributed by atoms with van der Waals surface area (Å²) < 4.78 is 25.6. The zero-order valence-electron chi connectivity index (χ0n) is 44.1. The van der Waals surface area contributed by atoms with Gasteiger partial charge in [-0.05, 0) is 162 Å². The molecule has 0 amide bonds. The van der Waals surface area contributed by atoms with E-state index in [4.69, 9.17) is 24.1 Å². The minimum absolute atomic E-state index is 0.250. The molecular formula is C58H81BrN6O7S2. The van der Waals surface area contributed by atoms with Crippen molar-refractivity contribution in [2.45, 2.75) is 97.2 Å². The van der Waals surface area contributed by atoms with Crippen molar-refractivity contribution in [2.24, 2.45) is 0 Å². The number of hydrogen-bond donors (Lipinski definition) is 4. The smallest absolute Gasteiger partial charge is 0.121 e. The van der Waals surface area contributed by atoms with Crippen molar-refractivity contribution in [3.05, 3.63) is 105 Å². The van der Waals surface area contributed by atoms with Crippen molar-refractivity contribution in [1.82, 2.24) is 30.0 Å². The van der Waals surface area contributed by atoms with Gasteiger partial charge in [-0.2, -0.15) is 0 Å². The van der Waals surface area contributed by atoms with Crippen LogP contribution in [0.25, 0.3) is 20.4 Å². The van der Waals surface area contributed by atoms with E-state index in [1.165, 1.54) is 76.6 Å². The molecule has 2 fully saturated rings. The number of aromatic nitrogens is 2. The van der Waals surface area contributed by atoms with Gasteiger partial charge in [0, 0.05) is 89.5 Å². The van der Waals surface area contributed by atoms with E-state index in [1.54, 1.807) is 29.6 Å². The third kappa shape index (κ3) is 19.3. The molecule has 2 aromatic heterocycles. The van der Waals surface area contributed by atoms with Crippen LogP contribution in [0.15, 0.2) is 72.8 Å². The minimum atomic E-state index is -0.495. The fourth-order valence-electron chi connectivity index (χ4n) is 9.69. The highest BCUT2D eigenvalue weighted by Gasteiger charge is 2.20. The molecule has 4 N–H and O–H groups in total. The lowest BCUT2D eigenvalue weighted by Crippen LogP contribution is -2.49. The summed E-state index contributed by atoms with van der Waals surface area (Å²) >= 11 is 6.79. The molecule has 2 aliphatic heterocycles. The van der Waals surface area contributed by atoms with Gasteiger partial charge in [0.05, 0.1) is 43.7 Å². The van der Waals surface area contributed by atoms with Crippen molar-refractivity contribution in [3.63, 3.8) is 0 Å². The van der Waals surface area contributed by atoms with Crippen LogP contribution in [0.1, 0.15) is 77.7 Å². The van der Waals surface area contributed by atoms with Crippen LogP contribution in [0.5, 0.6) is 23.0 Å². The fourth-order valence-corrected chi connectivity index (χ4v) is 11.7. The van der Waals surface area contributed by atoms with Crippen molar-refractivity contribution in [1.29, 1.82) is 0 Å². The maximum Gasteiger partial charge on any atom is 0.121 e. The summed E-state index contributed by atoms with van der Waals surface area (Å²) in [5.41, 5.74) is 7.91. The lowest BCUT2D eigenvalue weighted by Gasteiger charge is -2.35. The molecule has 4 aliphatic rings. The molecule has 0 unspecified atom stereocenters. The number of benzene rings is 4. The number of piperazine rings is 2. The summed E-state index contributed by atoms with van der Waals surface area (Å²) in [5, 5.41) is 34.6. The first-order chi connectivity index (χ1) is 36.1. The Balaban J connectivity index is 0.000000173. The Morgan fingerprint density at radius 2 is 1.00 bits per heavy atom. The average molecular weight is 1120 g/mol. The van der Waals surface area contributed by atoms with Crippen LogP contribution in [-0.2, 0) is 25.7 Å². The molecule has 6 aromatic rings. The molecule has 0 bridgehead atoms. The van der Waals surface area contributed by atoms with Gasteiger partial charge in [0.25, 0.3) is 0 Å². The first kappa shape index (κ1) is 57.8. The number of β-amino-alcohol motifs (C(OH)–C–C–N with tert-alkyl or cyclic N) is 2. The van der Waals surface area contributed by atoms with Gasteiger partial charge in [-0.15, -0.1) is 22.7 Å². The molecule has 74 heavy (non-hydrogen) atoms. The van der Waals surface area contributed by atoms with E-state index in [-0.39, 0.29) is 6.61 Å². The first-order valence-corrected chi connectivity index (χ1v) is 29.8. The second kappa shape index (κ2) is 31.3. The van der Waals surface area contributed by atoms with Crippen LogP contribution in [0.4, 0.5) is 0 Å². The molecule has 0 spiro atoms. The summed E-state index contributed by atoms with van der Waals surface area (Å²) in [6.45, 7) is 18.7. The Bertz CT molecular complexity index is 2570. The standard InChI is InChI=1S/C28H37N3O3S.C15H21N3O2S.C13H17BrO.C2H6O/c1-21-29-27-18-26(9-10-28(27)35-21)34-20-24(32)19-31-14-12-30(13-15-31)11-2-3-16-33-25-8-7-22-5-4-6-23(22)17-25;1-11-17-14-8-13(2-3-15(14)21-11)20-10-12(19)9-18-6-4-16-5-7-18;14-8-1-2-9-15-13-7-6-11-4-3-5-12(11)10-13;1-2-3/h7-10,17-18,24,32H,2-6,11-16,19-20H2,1H3;2-3,8,12,16,19H,4-7,9-10H2,1H3;6-7,10H,1-5,8-9H2;3H,2H2,1H3/t24-;12-;;/m11../s1. The highest BCUT2D eigenvalue weighted by Crippen LogP contribution is 2.29. The Morgan fingerprint density at radius 3 is 1.50 bits per heavy atom. The lowest BCUT2D eigenvalue weighted by atomic mass is 10.1. The van der Waals surface area contributed by atoms with E-state index in [0.717, 1.165) is 141 Å². The number of unbranched alkanes of at least 4 members (excludes halogenated alkanes) is 2. The summed E-state index contributed by atoms with van der Waals surface area (Å²) in [6, 6.07) is 25.0. The number of aliphatic hydroxyl groups excluding tert-OH is 3. The number of nitrogens with zero attached hydrogens (tertiary/aromatic N) is 5. The van der Waals surface area contributed by atoms with Crippen LogP contribution in [0, 0.1) is 13.8 Å². The molecule has 4 aromatic carbocycles. The average Bonchev–Trinajstić information content (AvgIpc) is 4.23. The number of rotatable bonds is 21. The number of aliphatic hydroxyl groups is 3. The molecule has 2 aliphatic carbocycles. The number of nitrogens with one attached hydrogen (secondary N) is 1. The third-order valence-electron chi connectivity index (χ3n) is 13.5. The number of alkyl halides is 1. The zero-order chi connectivity index (χ0) is 51.9. The molecule has 404 valence electrons. The maximum absolute atomic E-state index is 10.5. The number of halogens is 1. The van der Waals surface area contributed by atoms with E-state index < -0.39 is 12.2 Å². The van der Waals surface area contributed by atoms with Crippen LogP contribution in [0.3, 0.4) is 0 Å². The van der Waals surface area contributed by atoms with Crippen LogP contribution < -0.4 is 24.3 Å². The predicted molar refractivity (Wildman–Crippen MR) is 307 cm³/mol. The Morgan fingerprint density at radius 1 is 0.568 bits per heavy atom. The lowest BCUT2D eigenvalue weighted by molar-refractivity contribution is 0.0456. The highest BCUT2D eigenvalue weighted by atomic mass is 79.9. The molecule has 13 nitrogen and oxygen atoms in total. The molecule has 10 rings (SSSR count). The summed E-state index contributed by atoms with van der Waals surface area (Å²) in [5.74, 6) is 3.62. The Labute approximate surface area is 456 Å². The van der Waals surface area contributed by atoms with E-state index in [9.17, 15) is 10.2 Å². The number of thiazole rings is 2. The quantitative estimate of drug-likeness (QED) is 0.0402. The number of ether oxygens (including phenoxy) is 4. The van der Waals surface area contributed by atoms with E-state index in [2.05, 4.69) is 82.3 Å². The van der Waals surface area contributed by atoms with Gasteiger partial charge in [0.1, 0.15) is 48.4 Å². The van der Waals surface area contributed by atoms with E-state index >= 15 is 0 Å². The summed E-state index contributed by atoms with van der Waals surface area (Å²) in [7, 11) is 0. The molecule has 16 heteroatoms. The molecular weight excluding hydrogens is 1040 g/mol. The highest BCUT2D eigenvalue weighted by molar-refractivity contribution is 9.09. The number of fused-ring (bicyclic) bond motifs is 4. The summed E-state index contributed by atoms with van der Waals surface area (Å²) in [4.78, 5) is 16.1. The molecule has 0 saturated carbocycles.